The Kier molecular flexibility index (Phi) is 3.14. The predicted octanol–water partition coefficient (Wildman–Crippen LogP) is 2.97. The van der Waals surface area contributed by atoms with Crippen LogP contribution in [0, 0.1) is 11.3 Å². The van der Waals surface area contributed by atoms with Crippen molar-refractivity contribution in [3.63, 3.8) is 0 Å². The zero-order chi connectivity index (χ0) is 10.6. The van der Waals surface area contributed by atoms with Crippen LogP contribution in [-0.2, 0) is 5.41 Å². The van der Waals surface area contributed by atoms with Crippen LogP contribution in [-0.4, -0.2) is 5.11 Å². The minimum absolute atomic E-state index is 0.213. The van der Waals surface area contributed by atoms with Crippen LogP contribution >= 0.6 is 0 Å². The molecule has 0 aliphatic heterocycles. The Labute approximate surface area is 84.8 Å². The first-order chi connectivity index (χ1) is 6.64. The van der Waals surface area contributed by atoms with Gasteiger partial charge in [-0.3, -0.25) is 0 Å². The van der Waals surface area contributed by atoms with Crippen LogP contribution in [0.5, 0.6) is 5.75 Å². The molecule has 0 heterocycles. The number of para-hydroxylation sites is 1. The number of phenols is 1. The summed E-state index contributed by atoms with van der Waals surface area (Å²) in [6.07, 6.45) is 1.69. The highest BCUT2D eigenvalue weighted by atomic mass is 16.3. The Morgan fingerprint density at radius 3 is 2.57 bits per heavy atom. The molecule has 0 saturated carbocycles. The Morgan fingerprint density at radius 1 is 1.43 bits per heavy atom. The average molecular weight is 189 g/mol. The number of nitrogens with zero attached hydrogens (tertiary/aromatic N) is 1. The molecule has 0 amide bonds. The number of rotatable bonds is 3. The molecule has 1 N–H and O–H groups in total. The lowest BCUT2D eigenvalue weighted by Gasteiger charge is -2.22. The van der Waals surface area contributed by atoms with Gasteiger partial charge in [0.2, 0.25) is 0 Å². The molecule has 0 bridgehead atoms. The number of hydrogen-bond donors (Lipinski definition) is 1. The van der Waals surface area contributed by atoms with Crippen LogP contribution in [0.4, 0.5) is 0 Å². The molecule has 1 atom stereocenters. The van der Waals surface area contributed by atoms with Crippen molar-refractivity contribution in [2.75, 3.05) is 0 Å². The van der Waals surface area contributed by atoms with Gasteiger partial charge in [-0.2, -0.15) is 5.26 Å². The number of aromatic hydroxyl groups is 1. The molecule has 0 spiro atoms. The van der Waals surface area contributed by atoms with Crippen LogP contribution in [0.15, 0.2) is 24.3 Å². The van der Waals surface area contributed by atoms with Gasteiger partial charge in [-0.15, -0.1) is 0 Å². The lowest BCUT2D eigenvalue weighted by Crippen LogP contribution is -2.19. The lowest BCUT2D eigenvalue weighted by molar-refractivity contribution is 0.442. The molecule has 0 aromatic heterocycles. The molecule has 1 rings (SSSR count). The monoisotopic (exact) mass is 189 g/mol. The maximum Gasteiger partial charge on any atom is 0.120 e. The minimum Gasteiger partial charge on any atom is -0.508 e. The van der Waals surface area contributed by atoms with E-state index >= 15 is 0 Å². The molecule has 2 heteroatoms. The van der Waals surface area contributed by atoms with Gasteiger partial charge in [0.1, 0.15) is 5.75 Å². The van der Waals surface area contributed by atoms with Gasteiger partial charge in [0.25, 0.3) is 0 Å². The van der Waals surface area contributed by atoms with E-state index in [2.05, 4.69) is 6.07 Å². The van der Waals surface area contributed by atoms with Gasteiger partial charge in [0.15, 0.2) is 0 Å². The summed E-state index contributed by atoms with van der Waals surface area (Å²) in [7, 11) is 0. The Morgan fingerprint density at radius 2 is 2.07 bits per heavy atom. The average Bonchev–Trinajstić information content (AvgIpc) is 2.18. The molecule has 0 fully saturated rings. The Balaban J connectivity index is 3.14. The molecule has 0 aliphatic rings. The van der Waals surface area contributed by atoms with Crippen LogP contribution < -0.4 is 0 Å². The highest BCUT2D eigenvalue weighted by Crippen LogP contribution is 2.33. The smallest absolute Gasteiger partial charge is 0.120 e. The second kappa shape index (κ2) is 4.15. The molecule has 1 aromatic rings. The van der Waals surface area contributed by atoms with Crippen molar-refractivity contribution in [3.05, 3.63) is 29.8 Å². The van der Waals surface area contributed by atoms with Crippen molar-refractivity contribution in [1.29, 1.82) is 5.26 Å². The molecular weight excluding hydrogens is 174 g/mol. The van der Waals surface area contributed by atoms with Gasteiger partial charge < -0.3 is 5.11 Å². The summed E-state index contributed by atoms with van der Waals surface area (Å²) in [5.41, 5.74) is 0.157. The molecule has 0 aliphatic carbocycles. The van der Waals surface area contributed by atoms with E-state index in [0.29, 0.717) is 0 Å². The topological polar surface area (TPSA) is 44.0 Å². The van der Waals surface area contributed by atoms with Gasteiger partial charge in [-0.05, 0) is 19.4 Å². The first kappa shape index (κ1) is 10.6. The number of benzene rings is 1. The molecule has 2 nitrogen and oxygen atoms in total. The van der Waals surface area contributed by atoms with Gasteiger partial charge in [0, 0.05) is 5.56 Å². The summed E-state index contributed by atoms with van der Waals surface area (Å²) in [4.78, 5) is 0. The van der Waals surface area contributed by atoms with Crippen molar-refractivity contribution in [2.24, 2.45) is 0 Å². The lowest BCUT2D eigenvalue weighted by atomic mass is 9.80. The van der Waals surface area contributed by atoms with Gasteiger partial charge in [0.05, 0.1) is 11.5 Å². The fourth-order valence-corrected chi connectivity index (χ4v) is 1.69. The largest absolute Gasteiger partial charge is 0.508 e. The molecule has 14 heavy (non-hydrogen) atoms. The quantitative estimate of drug-likeness (QED) is 0.794. The van der Waals surface area contributed by atoms with E-state index < -0.39 is 5.41 Å². The van der Waals surface area contributed by atoms with E-state index in [0.717, 1.165) is 18.4 Å². The van der Waals surface area contributed by atoms with Gasteiger partial charge in [-0.1, -0.05) is 31.5 Å². The van der Waals surface area contributed by atoms with Crippen molar-refractivity contribution >= 4 is 0 Å². The molecule has 0 saturated heterocycles. The molecule has 74 valence electrons. The third-order valence-corrected chi connectivity index (χ3v) is 2.50. The number of phenolic OH excluding ortho intramolecular Hbond substituents is 1. The molecular formula is C12H15NO. The summed E-state index contributed by atoms with van der Waals surface area (Å²) in [6.45, 7) is 3.90. The summed E-state index contributed by atoms with van der Waals surface area (Å²) < 4.78 is 0. The predicted molar refractivity (Wildman–Crippen MR) is 56.0 cm³/mol. The maximum absolute atomic E-state index is 9.65. The van der Waals surface area contributed by atoms with E-state index in [-0.39, 0.29) is 5.75 Å². The SMILES string of the molecule is CCCC(C)(C#N)c1ccccc1O. The first-order valence-corrected chi connectivity index (χ1v) is 4.84. The fraction of sp³-hybridized carbons (Fsp3) is 0.417. The van der Waals surface area contributed by atoms with E-state index in [9.17, 15) is 5.11 Å². The standard InChI is InChI=1S/C12H15NO/c1-3-8-12(2,9-13)10-6-4-5-7-11(10)14/h4-7,14H,3,8H2,1-2H3. The Hall–Kier alpha value is -1.49. The van der Waals surface area contributed by atoms with Crippen LogP contribution in [0.1, 0.15) is 32.3 Å². The van der Waals surface area contributed by atoms with Crippen LogP contribution in [0.25, 0.3) is 0 Å². The van der Waals surface area contributed by atoms with E-state index in [1.54, 1.807) is 12.1 Å². The number of nitriles is 1. The van der Waals surface area contributed by atoms with E-state index in [1.165, 1.54) is 0 Å². The highest BCUT2D eigenvalue weighted by Gasteiger charge is 2.27. The zero-order valence-electron chi connectivity index (χ0n) is 8.62. The Bertz CT molecular complexity index is 354. The van der Waals surface area contributed by atoms with Crippen molar-refractivity contribution < 1.29 is 5.11 Å². The van der Waals surface area contributed by atoms with E-state index in [1.807, 2.05) is 26.0 Å². The van der Waals surface area contributed by atoms with Crippen molar-refractivity contribution in [2.45, 2.75) is 32.1 Å². The zero-order valence-corrected chi connectivity index (χ0v) is 8.62. The third kappa shape index (κ3) is 1.88. The van der Waals surface area contributed by atoms with Crippen LogP contribution in [0.2, 0.25) is 0 Å². The highest BCUT2D eigenvalue weighted by molar-refractivity contribution is 5.41. The fourth-order valence-electron chi connectivity index (χ4n) is 1.69. The van der Waals surface area contributed by atoms with Crippen molar-refractivity contribution in [1.82, 2.24) is 0 Å². The normalized spacial score (nSPS) is 14.4. The van der Waals surface area contributed by atoms with Gasteiger partial charge in [-0.25, -0.2) is 0 Å². The van der Waals surface area contributed by atoms with Crippen LogP contribution in [0.3, 0.4) is 0 Å². The summed E-state index contributed by atoms with van der Waals surface area (Å²) >= 11 is 0. The maximum atomic E-state index is 9.65. The molecule has 1 unspecified atom stereocenters. The molecule has 0 radical (unpaired) electrons. The van der Waals surface area contributed by atoms with Gasteiger partial charge >= 0.3 is 0 Å². The summed E-state index contributed by atoms with van der Waals surface area (Å²) in [5.74, 6) is 0.213. The van der Waals surface area contributed by atoms with E-state index in [4.69, 9.17) is 5.26 Å². The first-order valence-electron chi connectivity index (χ1n) is 4.84. The second-order valence-electron chi connectivity index (χ2n) is 3.71. The second-order valence-corrected chi connectivity index (χ2v) is 3.71. The summed E-state index contributed by atoms with van der Waals surface area (Å²) in [5, 5.41) is 18.8. The minimum atomic E-state index is -0.569. The summed E-state index contributed by atoms with van der Waals surface area (Å²) in [6, 6.07) is 9.33. The molecule has 1 aromatic carbocycles. The third-order valence-electron chi connectivity index (χ3n) is 2.50. The number of hydrogen-bond acceptors (Lipinski definition) is 2. The van der Waals surface area contributed by atoms with Crippen molar-refractivity contribution in [3.8, 4) is 11.8 Å².